The van der Waals surface area contributed by atoms with E-state index in [0.717, 1.165) is 53.3 Å². The molecule has 2 heterocycles. The van der Waals surface area contributed by atoms with Gasteiger partial charge in [-0.15, -0.1) is 0 Å². The lowest BCUT2D eigenvalue weighted by Gasteiger charge is -2.28. The Labute approximate surface area is 141 Å². The highest BCUT2D eigenvalue weighted by atomic mass is 16.5. The molecule has 1 aliphatic rings. The first-order valence-electron chi connectivity index (χ1n) is 8.50. The Morgan fingerprint density at radius 2 is 1.62 bits per heavy atom. The summed E-state index contributed by atoms with van der Waals surface area (Å²) in [7, 11) is 0. The Kier molecular flexibility index (Phi) is 4.13. The standard InChI is InChI=1S/C20H21N3O/c21-16-2-4-17(5-3-16)24-19-6-1-15-13-23-12-9-18(15)20(19)14-7-10-22-11-8-14/h1,6-13,16-17H,2-5,21H2/t16-,17+. The third-order valence-corrected chi connectivity index (χ3v) is 4.76. The van der Waals surface area contributed by atoms with E-state index in [1.807, 2.05) is 36.9 Å². The van der Waals surface area contributed by atoms with Gasteiger partial charge in [0.15, 0.2) is 0 Å². The molecule has 0 unspecified atom stereocenters. The Balaban J connectivity index is 1.77. The second-order valence-electron chi connectivity index (χ2n) is 6.43. The average Bonchev–Trinajstić information content (AvgIpc) is 2.64. The van der Waals surface area contributed by atoms with Crippen LogP contribution in [0.25, 0.3) is 21.9 Å². The maximum Gasteiger partial charge on any atom is 0.128 e. The van der Waals surface area contributed by atoms with Crippen molar-refractivity contribution in [3.8, 4) is 16.9 Å². The zero-order valence-electron chi connectivity index (χ0n) is 13.6. The lowest BCUT2D eigenvalue weighted by Crippen LogP contribution is -2.31. The molecule has 2 N–H and O–H groups in total. The van der Waals surface area contributed by atoms with Crippen LogP contribution < -0.4 is 10.5 Å². The van der Waals surface area contributed by atoms with Gasteiger partial charge in [-0.2, -0.15) is 0 Å². The van der Waals surface area contributed by atoms with Gasteiger partial charge in [0.25, 0.3) is 0 Å². The predicted octanol–water partition coefficient (Wildman–Crippen LogP) is 3.95. The summed E-state index contributed by atoms with van der Waals surface area (Å²) in [5.41, 5.74) is 8.25. The van der Waals surface area contributed by atoms with Crippen molar-refractivity contribution >= 4 is 10.8 Å². The van der Waals surface area contributed by atoms with Crippen LogP contribution in [-0.4, -0.2) is 22.1 Å². The molecule has 0 amide bonds. The second-order valence-corrected chi connectivity index (χ2v) is 6.43. The number of benzene rings is 1. The topological polar surface area (TPSA) is 61.0 Å². The number of pyridine rings is 2. The first-order valence-corrected chi connectivity index (χ1v) is 8.50. The molecule has 0 spiro atoms. The smallest absolute Gasteiger partial charge is 0.128 e. The van der Waals surface area contributed by atoms with Crippen molar-refractivity contribution in [1.82, 2.24) is 9.97 Å². The van der Waals surface area contributed by atoms with Gasteiger partial charge in [-0.3, -0.25) is 9.97 Å². The van der Waals surface area contributed by atoms with Gasteiger partial charge in [-0.05, 0) is 67.0 Å². The van der Waals surface area contributed by atoms with Crippen LogP contribution >= 0.6 is 0 Å². The molecule has 24 heavy (non-hydrogen) atoms. The van der Waals surface area contributed by atoms with Crippen LogP contribution in [0.15, 0.2) is 55.1 Å². The van der Waals surface area contributed by atoms with Crippen molar-refractivity contribution in [3.05, 3.63) is 55.1 Å². The van der Waals surface area contributed by atoms with Gasteiger partial charge in [0.1, 0.15) is 5.75 Å². The molecule has 4 nitrogen and oxygen atoms in total. The van der Waals surface area contributed by atoms with Gasteiger partial charge >= 0.3 is 0 Å². The summed E-state index contributed by atoms with van der Waals surface area (Å²) in [5, 5.41) is 2.27. The molecule has 3 aromatic rings. The van der Waals surface area contributed by atoms with Gasteiger partial charge in [-0.1, -0.05) is 0 Å². The molecule has 0 atom stereocenters. The molecular formula is C20H21N3O. The largest absolute Gasteiger partial charge is 0.490 e. The van der Waals surface area contributed by atoms with Crippen molar-refractivity contribution in [1.29, 1.82) is 0 Å². The molecule has 122 valence electrons. The molecule has 0 aliphatic heterocycles. The molecule has 1 fully saturated rings. The molecule has 1 aliphatic carbocycles. The number of aromatic nitrogens is 2. The highest BCUT2D eigenvalue weighted by Crippen LogP contribution is 2.38. The lowest BCUT2D eigenvalue weighted by molar-refractivity contribution is 0.148. The predicted molar refractivity (Wildman–Crippen MR) is 95.8 cm³/mol. The number of fused-ring (bicyclic) bond motifs is 1. The third-order valence-electron chi connectivity index (χ3n) is 4.76. The van der Waals surface area contributed by atoms with E-state index in [9.17, 15) is 0 Å². The first kappa shape index (κ1) is 15.1. The van der Waals surface area contributed by atoms with Crippen LogP contribution in [0.3, 0.4) is 0 Å². The summed E-state index contributed by atoms with van der Waals surface area (Å²) in [6.45, 7) is 0. The molecular weight excluding hydrogens is 298 g/mol. The summed E-state index contributed by atoms with van der Waals surface area (Å²) < 4.78 is 6.40. The van der Waals surface area contributed by atoms with Crippen LogP contribution in [0, 0.1) is 0 Å². The van der Waals surface area contributed by atoms with Crippen LogP contribution in [0.5, 0.6) is 5.75 Å². The molecule has 0 radical (unpaired) electrons. The fraction of sp³-hybridized carbons (Fsp3) is 0.300. The summed E-state index contributed by atoms with van der Waals surface area (Å²) in [4.78, 5) is 8.37. The van der Waals surface area contributed by atoms with E-state index < -0.39 is 0 Å². The average molecular weight is 319 g/mol. The number of nitrogens with zero attached hydrogens (tertiary/aromatic N) is 2. The van der Waals surface area contributed by atoms with E-state index in [-0.39, 0.29) is 6.10 Å². The minimum atomic E-state index is 0.240. The van der Waals surface area contributed by atoms with Crippen molar-refractivity contribution in [2.75, 3.05) is 0 Å². The van der Waals surface area contributed by atoms with E-state index >= 15 is 0 Å². The summed E-state index contributed by atoms with van der Waals surface area (Å²) >= 11 is 0. The number of ether oxygens (including phenoxy) is 1. The Morgan fingerprint density at radius 3 is 2.42 bits per heavy atom. The van der Waals surface area contributed by atoms with Crippen LogP contribution in [0.2, 0.25) is 0 Å². The number of nitrogens with two attached hydrogens (primary N) is 1. The summed E-state index contributed by atoms with van der Waals surface area (Å²) in [5.74, 6) is 0.931. The van der Waals surface area contributed by atoms with Crippen molar-refractivity contribution in [3.63, 3.8) is 0 Å². The van der Waals surface area contributed by atoms with Gasteiger partial charge in [0.05, 0.1) is 6.10 Å². The summed E-state index contributed by atoms with van der Waals surface area (Å²) in [6, 6.07) is 10.6. The molecule has 4 heteroatoms. The van der Waals surface area contributed by atoms with Crippen molar-refractivity contribution in [2.24, 2.45) is 5.73 Å². The zero-order valence-corrected chi connectivity index (χ0v) is 13.6. The highest BCUT2D eigenvalue weighted by Gasteiger charge is 2.21. The normalized spacial score (nSPS) is 20.9. The second kappa shape index (κ2) is 6.57. The van der Waals surface area contributed by atoms with Gasteiger partial charge in [0, 0.05) is 41.8 Å². The molecule has 2 aromatic heterocycles. The molecule has 0 saturated heterocycles. The molecule has 4 rings (SSSR count). The SMILES string of the molecule is N[C@H]1CC[C@@H](Oc2ccc3cnccc3c2-c2ccncc2)CC1. The van der Waals surface area contributed by atoms with Crippen LogP contribution in [0.4, 0.5) is 0 Å². The summed E-state index contributed by atoms with van der Waals surface area (Å²) in [6.07, 6.45) is 11.7. The molecule has 1 aromatic carbocycles. The maximum atomic E-state index is 6.40. The lowest BCUT2D eigenvalue weighted by atomic mass is 9.93. The first-order chi connectivity index (χ1) is 11.8. The molecule has 0 bridgehead atoms. The Morgan fingerprint density at radius 1 is 0.875 bits per heavy atom. The van der Waals surface area contributed by atoms with Crippen LogP contribution in [0.1, 0.15) is 25.7 Å². The molecule has 1 saturated carbocycles. The third kappa shape index (κ3) is 2.97. The maximum absolute atomic E-state index is 6.40. The van der Waals surface area contributed by atoms with Gasteiger partial charge < -0.3 is 10.5 Å². The van der Waals surface area contributed by atoms with Crippen molar-refractivity contribution in [2.45, 2.75) is 37.8 Å². The quantitative estimate of drug-likeness (QED) is 0.794. The highest BCUT2D eigenvalue weighted by molar-refractivity contribution is 5.99. The van der Waals surface area contributed by atoms with E-state index in [1.165, 1.54) is 0 Å². The number of hydrogen-bond donors (Lipinski definition) is 1. The minimum absolute atomic E-state index is 0.240. The fourth-order valence-electron chi connectivity index (χ4n) is 3.45. The fourth-order valence-corrected chi connectivity index (χ4v) is 3.45. The number of rotatable bonds is 3. The van der Waals surface area contributed by atoms with E-state index in [4.69, 9.17) is 10.5 Å². The van der Waals surface area contributed by atoms with Crippen LogP contribution in [-0.2, 0) is 0 Å². The Hall–Kier alpha value is -2.46. The Bertz CT molecular complexity index is 827. The monoisotopic (exact) mass is 319 g/mol. The zero-order chi connectivity index (χ0) is 16.4. The van der Waals surface area contributed by atoms with Crippen molar-refractivity contribution < 1.29 is 4.74 Å². The van der Waals surface area contributed by atoms with E-state index in [1.54, 1.807) is 0 Å². The van der Waals surface area contributed by atoms with E-state index in [2.05, 4.69) is 28.2 Å². The number of hydrogen-bond acceptors (Lipinski definition) is 4. The minimum Gasteiger partial charge on any atom is -0.490 e. The van der Waals surface area contributed by atoms with Gasteiger partial charge in [0.2, 0.25) is 0 Å². The van der Waals surface area contributed by atoms with E-state index in [0.29, 0.717) is 6.04 Å². The van der Waals surface area contributed by atoms with Gasteiger partial charge in [-0.25, -0.2) is 0 Å².